The maximum Gasteiger partial charge on any atom is 0.0940 e. The van der Waals surface area contributed by atoms with Gasteiger partial charge in [-0.3, -0.25) is 0 Å². The van der Waals surface area contributed by atoms with Gasteiger partial charge < -0.3 is 10.2 Å². The third-order valence-electron chi connectivity index (χ3n) is 3.59. The molecule has 1 heterocycles. The van der Waals surface area contributed by atoms with Crippen molar-refractivity contribution in [2.45, 2.75) is 39.0 Å². The summed E-state index contributed by atoms with van der Waals surface area (Å²) in [6.45, 7) is 5.44. The highest BCUT2D eigenvalue weighted by molar-refractivity contribution is 5.30. The standard InChI is InChI=1S/C12H19NO/c1-12(2)5-3-9-7-14-8-10(9)11(12)4-6-13/h7-8,11H,3-6,13H2,1-2H3. The summed E-state index contributed by atoms with van der Waals surface area (Å²) in [7, 11) is 0. The Morgan fingerprint density at radius 2 is 2.29 bits per heavy atom. The molecule has 0 radical (unpaired) electrons. The highest BCUT2D eigenvalue weighted by atomic mass is 16.3. The van der Waals surface area contributed by atoms with Crippen LogP contribution in [0.4, 0.5) is 0 Å². The molecule has 0 saturated carbocycles. The van der Waals surface area contributed by atoms with Crippen LogP contribution in [0.3, 0.4) is 0 Å². The molecule has 2 heteroatoms. The van der Waals surface area contributed by atoms with Crippen LogP contribution in [0.15, 0.2) is 16.9 Å². The van der Waals surface area contributed by atoms with E-state index in [9.17, 15) is 0 Å². The minimum atomic E-state index is 0.371. The molecular formula is C12H19NO. The molecule has 0 saturated heterocycles. The van der Waals surface area contributed by atoms with Crippen LogP contribution >= 0.6 is 0 Å². The SMILES string of the molecule is CC1(C)CCc2cocc2C1CCN. The first-order valence-electron chi connectivity index (χ1n) is 5.40. The Bertz CT molecular complexity index is 314. The summed E-state index contributed by atoms with van der Waals surface area (Å²) in [5.74, 6) is 0.579. The van der Waals surface area contributed by atoms with Crippen LogP contribution in [-0.2, 0) is 6.42 Å². The van der Waals surface area contributed by atoms with Crippen molar-refractivity contribution in [3.63, 3.8) is 0 Å². The molecule has 1 aromatic heterocycles. The molecular weight excluding hydrogens is 174 g/mol. The quantitative estimate of drug-likeness (QED) is 0.784. The molecule has 0 aliphatic heterocycles. The van der Waals surface area contributed by atoms with Gasteiger partial charge in [0.25, 0.3) is 0 Å². The second-order valence-electron chi connectivity index (χ2n) is 4.97. The van der Waals surface area contributed by atoms with Gasteiger partial charge in [-0.2, -0.15) is 0 Å². The molecule has 0 fully saturated rings. The van der Waals surface area contributed by atoms with Crippen molar-refractivity contribution in [2.24, 2.45) is 11.1 Å². The zero-order valence-corrected chi connectivity index (χ0v) is 9.05. The molecule has 2 N–H and O–H groups in total. The fraction of sp³-hybridized carbons (Fsp3) is 0.667. The van der Waals surface area contributed by atoms with Gasteiger partial charge in [-0.05, 0) is 48.3 Å². The van der Waals surface area contributed by atoms with E-state index in [1.54, 1.807) is 0 Å². The van der Waals surface area contributed by atoms with Gasteiger partial charge in [0.2, 0.25) is 0 Å². The highest BCUT2D eigenvalue weighted by Gasteiger charge is 2.36. The van der Waals surface area contributed by atoms with E-state index in [4.69, 9.17) is 10.2 Å². The van der Waals surface area contributed by atoms with E-state index in [-0.39, 0.29) is 0 Å². The molecule has 78 valence electrons. The summed E-state index contributed by atoms with van der Waals surface area (Å²) in [4.78, 5) is 0. The Balaban J connectivity index is 2.33. The lowest BCUT2D eigenvalue weighted by Gasteiger charge is -2.38. The fourth-order valence-electron chi connectivity index (χ4n) is 2.61. The molecule has 1 aromatic rings. The summed E-state index contributed by atoms with van der Waals surface area (Å²) in [5.41, 5.74) is 8.83. The molecule has 0 amide bonds. The van der Waals surface area contributed by atoms with E-state index < -0.39 is 0 Å². The van der Waals surface area contributed by atoms with E-state index >= 15 is 0 Å². The van der Waals surface area contributed by atoms with Gasteiger partial charge in [-0.25, -0.2) is 0 Å². The van der Waals surface area contributed by atoms with Crippen LogP contribution in [0, 0.1) is 5.41 Å². The predicted octanol–water partition coefficient (Wildman–Crippen LogP) is 2.68. The van der Waals surface area contributed by atoms with Crippen molar-refractivity contribution in [3.05, 3.63) is 23.7 Å². The minimum Gasteiger partial charge on any atom is -0.472 e. The van der Waals surface area contributed by atoms with Crippen LogP contribution in [0.5, 0.6) is 0 Å². The number of hydrogen-bond acceptors (Lipinski definition) is 2. The van der Waals surface area contributed by atoms with Gasteiger partial charge in [0, 0.05) is 0 Å². The lowest BCUT2D eigenvalue weighted by molar-refractivity contribution is 0.236. The fourth-order valence-corrected chi connectivity index (χ4v) is 2.61. The topological polar surface area (TPSA) is 39.2 Å². The first-order valence-corrected chi connectivity index (χ1v) is 5.40. The zero-order valence-electron chi connectivity index (χ0n) is 9.05. The largest absolute Gasteiger partial charge is 0.472 e. The monoisotopic (exact) mass is 193 g/mol. The van der Waals surface area contributed by atoms with Crippen molar-refractivity contribution in [1.29, 1.82) is 0 Å². The summed E-state index contributed by atoms with van der Waals surface area (Å²) < 4.78 is 5.30. The predicted molar refractivity (Wildman–Crippen MR) is 57.2 cm³/mol. The van der Waals surface area contributed by atoms with Crippen LogP contribution in [-0.4, -0.2) is 6.54 Å². The number of nitrogens with two attached hydrogens (primary N) is 1. The number of aryl methyl sites for hydroxylation is 1. The molecule has 0 aromatic carbocycles. The minimum absolute atomic E-state index is 0.371. The van der Waals surface area contributed by atoms with Gasteiger partial charge in [0.1, 0.15) is 0 Å². The van der Waals surface area contributed by atoms with E-state index in [1.807, 2.05) is 12.5 Å². The Kier molecular flexibility index (Phi) is 2.40. The number of rotatable bonds is 2. The van der Waals surface area contributed by atoms with Crippen molar-refractivity contribution >= 4 is 0 Å². The van der Waals surface area contributed by atoms with Gasteiger partial charge in [0.15, 0.2) is 0 Å². The number of fused-ring (bicyclic) bond motifs is 1. The Morgan fingerprint density at radius 1 is 1.50 bits per heavy atom. The molecule has 1 aliphatic rings. The van der Waals surface area contributed by atoms with E-state index in [0.29, 0.717) is 11.3 Å². The number of hydrogen-bond donors (Lipinski definition) is 1. The molecule has 0 spiro atoms. The van der Waals surface area contributed by atoms with E-state index in [0.717, 1.165) is 19.4 Å². The molecule has 2 rings (SSSR count). The highest BCUT2D eigenvalue weighted by Crippen LogP contribution is 2.46. The average molecular weight is 193 g/mol. The summed E-state index contributed by atoms with van der Waals surface area (Å²) in [5, 5.41) is 0. The maximum absolute atomic E-state index is 5.68. The first-order chi connectivity index (χ1) is 6.65. The maximum atomic E-state index is 5.68. The smallest absolute Gasteiger partial charge is 0.0940 e. The molecule has 1 atom stereocenters. The van der Waals surface area contributed by atoms with Gasteiger partial charge >= 0.3 is 0 Å². The van der Waals surface area contributed by atoms with Crippen molar-refractivity contribution in [3.8, 4) is 0 Å². The van der Waals surface area contributed by atoms with Gasteiger partial charge in [-0.1, -0.05) is 13.8 Å². The lowest BCUT2D eigenvalue weighted by atomic mass is 9.66. The summed E-state index contributed by atoms with van der Waals surface area (Å²) in [6.07, 6.45) is 7.27. The lowest BCUT2D eigenvalue weighted by Crippen LogP contribution is -2.29. The van der Waals surface area contributed by atoms with Crippen LogP contribution in [0.2, 0.25) is 0 Å². The third-order valence-corrected chi connectivity index (χ3v) is 3.59. The van der Waals surface area contributed by atoms with E-state index in [1.165, 1.54) is 17.5 Å². The van der Waals surface area contributed by atoms with Crippen molar-refractivity contribution in [1.82, 2.24) is 0 Å². The second-order valence-corrected chi connectivity index (χ2v) is 4.97. The molecule has 1 aliphatic carbocycles. The van der Waals surface area contributed by atoms with Crippen LogP contribution in [0.1, 0.15) is 43.7 Å². The van der Waals surface area contributed by atoms with Crippen LogP contribution < -0.4 is 5.73 Å². The summed E-state index contributed by atoms with van der Waals surface area (Å²) in [6, 6.07) is 0. The Labute approximate surface area is 85.5 Å². The zero-order chi connectivity index (χ0) is 10.2. The second kappa shape index (κ2) is 3.43. The summed E-state index contributed by atoms with van der Waals surface area (Å²) >= 11 is 0. The molecule has 1 unspecified atom stereocenters. The molecule has 0 bridgehead atoms. The van der Waals surface area contributed by atoms with Gasteiger partial charge in [-0.15, -0.1) is 0 Å². The Hall–Kier alpha value is -0.760. The first kappa shape index (κ1) is 9.78. The Morgan fingerprint density at radius 3 is 3.00 bits per heavy atom. The van der Waals surface area contributed by atoms with Crippen molar-refractivity contribution in [2.75, 3.05) is 6.54 Å². The third kappa shape index (κ3) is 1.48. The van der Waals surface area contributed by atoms with Crippen LogP contribution in [0.25, 0.3) is 0 Å². The van der Waals surface area contributed by atoms with E-state index in [2.05, 4.69) is 13.8 Å². The van der Waals surface area contributed by atoms with Gasteiger partial charge in [0.05, 0.1) is 12.5 Å². The van der Waals surface area contributed by atoms with Crippen molar-refractivity contribution < 1.29 is 4.42 Å². The average Bonchev–Trinajstić information content (AvgIpc) is 2.58. The molecule has 14 heavy (non-hydrogen) atoms. The normalized spacial score (nSPS) is 24.6. The molecule has 2 nitrogen and oxygen atoms in total. The number of furan rings is 1.